The van der Waals surface area contributed by atoms with Gasteiger partial charge in [0.2, 0.25) is 0 Å². The topological polar surface area (TPSA) is 63.2 Å². The van der Waals surface area contributed by atoms with Crippen LogP contribution in [0.15, 0.2) is 66.7 Å². The molecule has 1 aliphatic carbocycles. The van der Waals surface area contributed by atoms with Gasteiger partial charge in [-0.3, -0.25) is 14.4 Å². The van der Waals surface area contributed by atoms with Gasteiger partial charge in [-0.2, -0.15) is 13.2 Å². The summed E-state index contributed by atoms with van der Waals surface area (Å²) in [6, 6.07) is 14.6. The number of alkyl halides is 3. The smallest absolute Gasteiger partial charge is 0.322 e. The highest BCUT2D eigenvalue weighted by atomic mass is 19.4. The van der Waals surface area contributed by atoms with Crippen LogP contribution in [0.25, 0.3) is 0 Å². The molecule has 0 aliphatic heterocycles. The minimum Gasteiger partial charge on any atom is -0.322 e. The van der Waals surface area contributed by atoms with Crippen LogP contribution >= 0.6 is 0 Å². The highest BCUT2D eigenvalue weighted by Gasteiger charge is 2.31. The van der Waals surface area contributed by atoms with Crippen LogP contribution in [0.1, 0.15) is 47.8 Å². The van der Waals surface area contributed by atoms with Crippen molar-refractivity contribution < 1.29 is 27.6 Å². The number of amides is 1. The van der Waals surface area contributed by atoms with Crippen LogP contribution in [0.3, 0.4) is 0 Å². The number of ketones is 2. The van der Waals surface area contributed by atoms with E-state index in [1.165, 1.54) is 18.2 Å². The SMILES string of the molecule is O=C(Nc1ccc2c(c1)C(=O)c1ccccc1C2=O)c1ccc(C(F)(F)F)cc1. The summed E-state index contributed by atoms with van der Waals surface area (Å²) in [4.78, 5) is 37.7. The Morgan fingerprint density at radius 1 is 0.724 bits per heavy atom. The molecule has 144 valence electrons. The molecule has 4 rings (SSSR count). The van der Waals surface area contributed by atoms with Gasteiger partial charge in [-0.1, -0.05) is 24.3 Å². The van der Waals surface area contributed by atoms with Gasteiger partial charge >= 0.3 is 6.18 Å². The van der Waals surface area contributed by atoms with Gasteiger partial charge in [-0.05, 0) is 42.5 Å². The van der Waals surface area contributed by atoms with Crippen molar-refractivity contribution in [3.63, 3.8) is 0 Å². The molecule has 29 heavy (non-hydrogen) atoms. The molecule has 1 amide bonds. The van der Waals surface area contributed by atoms with E-state index >= 15 is 0 Å². The van der Waals surface area contributed by atoms with E-state index in [9.17, 15) is 27.6 Å². The van der Waals surface area contributed by atoms with Crippen molar-refractivity contribution in [2.75, 3.05) is 5.32 Å². The number of nitrogens with one attached hydrogen (secondary N) is 1. The molecule has 0 spiro atoms. The molecule has 0 saturated carbocycles. The number of hydrogen-bond acceptors (Lipinski definition) is 3. The molecule has 0 heterocycles. The number of carbonyl (C=O) groups excluding carboxylic acids is 3. The van der Waals surface area contributed by atoms with Gasteiger partial charge in [0.25, 0.3) is 5.91 Å². The second-order valence-corrected chi connectivity index (χ2v) is 6.49. The summed E-state index contributed by atoms with van der Waals surface area (Å²) in [5.41, 5.74) is 0.450. The van der Waals surface area contributed by atoms with Crippen LogP contribution in [0.4, 0.5) is 18.9 Å². The Morgan fingerprint density at radius 2 is 1.28 bits per heavy atom. The van der Waals surface area contributed by atoms with Gasteiger partial charge in [0.05, 0.1) is 5.56 Å². The quantitative estimate of drug-likeness (QED) is 0.534. The van der Waals surface area contributed by atoms with Crippen LogP contribution < -0.4 is 5.32 Å². The fourth-order valence-electron chi connectivity index (χ4n) is 3.19. The third-order valence-corrected chi connectivity index (χ3v) is 4.66. The lowest BCUT2D eigenvalue weighted by molar-refractivity contribution is -0.137. The molecule has 7 heteroatoms. The summed E-state index contributed by atoms with van der Waals surface area (Å²) < 4.78 is 37.9. The van der Waals surface area contributed by atoms with Crippen molar-refractivity contribution in [1.82, 2.24) is 0 Å². The average molecular weight is 395 g/mol. The van der Waals surface area contributed by atoms with Gasteiger partial charge in [0, 0.05) is 33.5 Å². The molecule has 0 saturated heterocycles. The first-order valence-corrected chi connectivity index (χ1v) is 8.57. The molecule has 3 aromatic rings. The maximum atomic E-state index is 12.7. The number of rotatable bonds is 2. The maximum absolute atomic E-state index is 12.7. The summed E-state index contributed by atoms with van der Waals surface area (Å²) in [5, 5.41) is 2.54. The van der Waals surface area contributed by atoms with Gasteiger partial charge in [0.1, 0.15) is 0 Å². The number of anilines is 1. The van der Waals surface area contributed by atoms with E-state index in [-0.39, 0.29) is 39.5 Å². The lowest BCUT2D eigenvalue weighted by Gasteiger charge is -2.18. The van der Waals surface area contributed by atoms with Crippen molar-refractivity contribution in [2.24, 2.45) is 0 Å². The highest BCUT2D eigenvalue weighted by Crippen LogP contribution is 2.30. The fraction of sp³-hybridized carbons (Fsp3) is 0.0455. The predicted octanol–water partition coefficient (Wildman–Crippen LogP) is 4.73. The molecule has 0 aromatic heterocycles. The van der Waals surface area contributed by atoms with Gasteiger partial charge in [-0.25, -0.2) is 0 Å². The van der Waals surface area contributed by atoms with E-state index in [1.807, 2.05) is 0 Å². The zero-order valence-electron chi connectivity index (χ0n) is 14.7. The van der Waals surface area contributed by atoms with Crippen molar-refractivity contribution in [3.05, 3.63) is 100 Å². The van der Waals surface area contributed by atoms with Crippen LogP contribution in [0.2, 0.25) is 0 Å². The maximum Gasteiger partial charge on any atom is 0.416 e. The molecule has 1 aliphatic rings. The number of carbonyl (C=O) groups is 3. The molecule has 3 aromatic carbocycles. The molecule has 0 bridgehead atoms. The Morgan fingerprint density at radius 3 is 1.86 bits per heavy atom. The molecular weight excluding hydrogens is 383 g/mol. The molecular formula is C22H12F3NO3. The first kappa shape index (κ1) is 18.6. The van der Waals surface area contributed by atoms with E-state index in [1.54, 1.807) is 24.3 Å². The van der Waals surface area contributed by atoms with Crippen molar-refractivity contribution in [3.8, 4) is 0 Å². The first-order chi connectivity index (χ1) is 13.8. The third kappa shape index (κ3) is 3.31. The Kier molecular flexibility index (Phi) is 4.30. The summed E-state index contributed by atoms with van der Waals surface area (Å²) >= 11 is 0. The summed E-state index contributed by atoms with van der Waals surface area (Å²) in [6.45, 7) is 0. The van der Waals surface area contributed by atoms with E-state index in [0.717, 1.165) is 24.3 Å². The lowest BCUT2D eigenvalue weighted by atomic mass is 9.84. The molecule has 0 unspecified atom stereocenters. The largest absolute Gasteiger partial charge is 0.416 e. The fourth-order valence-corrected chi connectivity index (χ4v) is 3.19. The Bertz CT molecular complexity index is 1160. The van der Waals surface area contributed by atoms with Crippen molar-refractivity contribution >= 4 is 23.2 Å². The summed E-state index contributed by atoms with van der Waals surface area (Å²) in [6.07, 6.45) is -4.49. The zero-order valence-corrected chi connectivity index (χ0v) is 14.7. The molecule has 0 atom stereocenters. The standard InChI is InChI=1S/C22H12F3NO3/c23-22(24,25)13-7-5-12(6-8-13)21(29)26-14-9-10-17-18(11-14)20(28)16-4-2-1-3-15(16)19(17)27/h1-11H,(H,26,29). The minimum atomic E-state index is -4.49. The van der Waals surface area contributed by atoms with Crippen molar-refractivity contribution in [2.45, 2.75) is 6.18 Å². The molecule has 0 fully saturated rings. The monoisotopic (exact) mass is 395 g/mol. The lowest BCUT2D eigenvalue weighted by Crippen LogP contribution is -2.21. The zero-order chi connectivity index (χ0) is 20.8. The summed E-state index contributed by atoms with van der Waals surface area (Å²) in [7, 11) is 0. The van der Waals surface area contributed by atoms with Crippen LogP contribution in [-0.2, 0) is 6.18 Å². The minimum absolute atomic E-state index is 0.0310. The first-order valence-electron chi connectivity index (χ1n) is 8.57. The van der Waals surface area contributed by atoms with Gasteiger partial charge < -0.3 is 5.32 Å². The third-order valence-electron chi connectivity index (χ3n) is 4.66. The normalized spacial score (nSPS) is 12.9. The van der Waals surface area contributed by atoms with Gasteiger partial charge in [-0.15, -0.1) is 0 Å². The molecule has 1 N–H and O–H groups in total. The second-order valence-electron chi connectivity index (χ2n) is 6.49. The van der Waals surface area contributed by atoms with E-state index in [0.29, 0.717) is 5.56 Å². The Hall–Kier alpha value is -3.74. The Labute approximate surface area is 163 Å². The molecule has 4 nitrogen and oxygen atoms in total. The highest BCUT2D eigenvalue weighted by molar-refractivity contribution is 6.28. The second kappa shape index (κ2) is 6.70. The number of fused-ring (bicyclic) bond motifs is 2. The van der Waals surface area contributed by atoms with Crippen LogP contribution in [0.5, 0.6) is 0 Å². The van der Waals surface area contributed by atoms with Gasteiger partial charge in [0.15, 0.2) is 11.6 Å². The predicted molar refractivity (Wildman–Crippen MR) is 99.1 cm³/mol. The van der Waals surface area contributed by atoms with E-state index in [2.05, 4.69) is 5.32 Å². The van der Waals surface area contributed by atoms with E-state index < -0.39 is 17.6 Å². The number of halogens is 3. The van der Waals surface area contributed by atoms with Crippen LogP contribution in [-0.4, -0.2) is 17.5 Å². The van der Waals surface area contributed by atoms with Crippen molar-refractivity contribution in [1.29, 1.82) is 0 Å². The number of benzene rings is 3. The summed E-state index contributed by atoms with van der Waals surface area (Å²) in [5.74, 6) is -1.25. The molecule has 0 radical (unpaired) electrons. The average Bonchev–Trinajstić information content (AvgIpc) is 2.71. The Balaban J connectivity index is 1.61. The van der Waals surface area contributed by atoms with E-state index in [4.69, 9.17) is 0 Å². The number of hydrogen-bond donors (Lipinski definition) is 1. The van der Waals surface area contributed by atoms with Crippen LogP contribution in [0, 0.1) is 0 Å².